The fourth-order valence-corrected chi connectivity index (χ4v) is 5.25. The molecule has 1 aliphatic carbocycles. The molecule has 2 aromatic rings. The van der Waals surface area contributed by atoms with Gasteiger partial charge in [0.2, 0.25) is 5.91 Å². The van der Waals surface area contributed by atoms with E-state index in [0.29, 0.717) is 29.6 Å². The van der Waals surface area contributed by atoms with E-state index in [9.17, 15) is 4.79 Å². The van der Waals surface area contributed by atoms with Gasteiger partial charge in [0.15, 0.2) is 0 Å². The smallest absolute Gasteiger partial charge is 0.236 e. The summed E-state index contributed by atoms with van der Waals surface area (Å²) in [6.07, 6.45) is 7.14. The fraction of sp³-hybridized carbons (Fsp3) is 0.619. The zero-order chi connectivity index (χ0) is 19.0. The molecule has 6 nitrogen and oxygen atoms in total. The van der Waals surface area contributed by atoms with Crippen LogP contribution in [0.15, 0.2) is 18.6 Å². The average molecular weight is 365 g/mol. The van der Waals surface area contributed by atoms with Gasteiger partial charge in [-0.3, -0.25) is 4.79 Å². The first-order chi connectivity index (χ1) is 13.1. The van der Waals surface area contributed by atoms with Crippen LogP contribution in [-0.2, 0) is 4.79 Å². The number of carbonyl (C=O) groups is 1. The zero-order valence-electron chi connectivity index (χ0n) is 16.1. The first kappa shape index (κ1) is 18.0. The molecule has 6 heteroatoms. The molecule has 142 valence electrons. The van der Waals surface area contributed by atoms with Gasteiger partial charge < -0.3 is 9.88 Å². The first-order valence-electron chi connectivity index (χ1n) is 9.99. The van der Waals surface area contributed by atoms with Gasteiger partial charge in [0.25, 0.3) is 0 Å². The molecular formula is C21H27N5O. The van der Waals surface area contributed by atoms with Crippen LogP contribution in [0, 0.1) is 35.0 Å². The molecule has 2 aliphatic rings. The topological polar surface area (TPSA) is 85.7 Å². The first-order valence-corrected chi connectivity index (χ1v) is 9.99. The Bertz CT molecular complexity index is 853. The van der Waals surface area contributed by atoms with Gasteiger partial charge in [0, 0.05) is 30.6 Å². The Morgan fingerprint density at radius 2 is 2.07 bits per heavy atom. The molecule has 3 heterocycles. The Balaban J connectivity index is 1.44. The third-order valence-corrected chi connectivity index (χ3v) is 6.56. The minimum Gasteiger partial charge on any atom is -0.346 e. The van der Waals surface area contributed by atoms with Crippen LogP contribution in [0.5, 0.6) is 0 Å². The third-order valence-electron chi connectivity index (χ3n) is 6.56. The van der Waals surface area contributed by atoms with Crippen molar-refractivity contribution in [3.8, 4) is 6.07 Å². The second kappa shape index (κ2) is 7.30. The number of H-pyrrole nitrogens is 1. The van der Waals surface area contributed by atoms with Crippen molar-refractivity contribution in [1.29, 1.82) is 5.26 Å². The van der Waals surface area contributed by atoms with Gasteiger partial charge in [-0.05, 0) is 49.0 Å². The van der Waals surface area contributed by atoms with Crippen LogP contribution in [0.3, 0.4) is 0 Å². The number of rotatable bonds is 5. The largest absolute Gasteiger partial charge is 0.346 e. The van der Waals surface area contributed by atoms with E-state index in [0.717, 1.165) is 30.5 Å². The number of hydrogen-bond donors (Lipinski definition) is 1. The van der Waals surface area contributed by atoms with Gasteiger partial charge in [0.1, 0.15) is 18.4 Å². The summed E-state index contributed by atoms with van der Waals surface area (Å²) in [5.74, 6) is 2.83. The van der Waals surface area contributed by atoms with Gasteiger partial charge in [0.05, 0.1) is 11.8 Å². The number of nitriles is 1. The highest BCUT2D eigenvalue weighted by Gasteiger charge is 2.43. The highest BCUT2D eigenvalue weighted by Crippen LogP contribution is 2.46. The molecule has 4 rings (SSSR count). The molecule has 0 bridgehead atoms. The quantitative estimate of drug-likeness (QED) is 0.879. The maximum absolute atomic E-state index is 12.0. The van der Waals surface area contributed by atoms with E-state index in [1.165, 1.54) is 18.5 Å². The van der Waals surface area contributed by atoms with E-state index in [-0.39, 0.29) is 12.3 Å². The lowest BCUT2D eigenvalue weighted by atomic mass is 9.82. The summed E-state index contributed by atoms with van der Waals surface area (Å²) in [7, 11) is 0. The van der Waals surface area contributed by atoms with Crippen molar-refractivity contribution in [1.82, 2.24) is 19.9 Å². The van der Waals surface area contributed by atoms with E-state index in [1.807, 2.05) is 17.2 Å². The number of fused-ring (bicyclic) bond motifs is 2. The van der Waals surface area contributed by atoms with Gasteiger partial charge in [-0.1, -0.05) is 13.8 Å². The predicted molar refractivity (Wildman–Crippen MR) is 103 cm³/mol. The number of amides is 1. The van der Waals surface area contributed by atoms with Crippen molar-refractivity contribution in [2.24, 2.45) is 23.7 Å². The Kier molecular flexibility index (Phi) is 4.86. The zero-order valence-corrected chi connectivity index (χ0v) is 16.1. The molecule has 0 spiro atoms. The highest BCUT2D eigenvalue weighted by molar-refractivity contribution is 5.79. The van der Waals surface area contributed by atoms with Crippen molar-refractivity contribution in [3.63, 3.8) is 0 Å². The van der Waals surface area contributed by atoms with E-state index >= 15 is 0 Å². The van der Waals surface area contributed by atoms with Crippen LogP contribution in [-0.4, -0.2) is 38.8 Å². The Hall–Kier alpha value is -2.42. The molecule has 1 aliphatic heterocycles. The highest BCUT2D eigenvalue weighted by atomic mass is 16.2. The molecule has 0 radical (unpaired) electrons. The van der Waals surface area contributed by atoms with Crippen LogP contribution < -0.4 is 0 Å². The number of carbonyl (C=O) groups excluding carboxylic acids is 1. The molecule has 1 saturated heterocycles. The van der Waals surface area contributed by atoms with Crippen LogP contribution in [0.1, 0.15) is 51.1 Å². The van der Waals surface area contributed by atoms with Crippen molar-refractivity contribution in [2.45, 2.75) is 45.4 Å². The minimum absolute atomic E-state index is 0.000609. The van der Waals surface area contributed by atoms with Gasteiger partial charge in [-0.2, -0.15) is 5.26 Å². The fourth-order valence-electron chi connectivity index (χ4n) is 5.25. The molecular weight excluding hydrogens is 338 g/mol. The summed E-state index contributed by atoms with van der Waals surface area (Å²) in [5, 5.41) is 9.89. The Morgan fingerprint density at radius 1 is 1.33 bits per heavy atom. The lowest BCUT2D eigenvalue weighted by molar-refractivity contribution is -0.129. The van der Waals surface area contributed by atoms with Crippen molar-refractivity contribution in [3.05, 3.63) is 24.3 Å². The van der Waals surface area contributed by atoms with E-state index in [1.54, 1.807) is 6.33 Å². The van der Waals surface area contributed by atoms with E-state index in [2.05, 4.69) is 34.9 Å². The van der Waals surface area contributed by atoms with E-state index < -0.39 is 0 Å². The van der Waals surface area contributed by atoms with Crippen molar-refractivity contribution >= 4 is 16.9 Å². The molecule has 1 saturated carbocycles. The maximum Gasteiger partial charge on any atom is 0.236 e. The van der Waals surface area contributed by atoms with Crippen molar-refractivity contribution in [2.75, 3.05) is 13.1 Å². The number of nitrogens with zero attached hydrogens (tertiary/aromatic N) is 4. The minimum atomic E-state index is -0.000609. The van der Waals surface area contributed by atoms with Crippen molar-refractivity contribution < 1.29 is 4.79 Å². The SMILES string of the molecule is CC(C)C(CC1CC2CN(C(=O)CC#N)CC2C1)c1ncnc2[nH]ccc12. The molecule has 2 fully saturated rings. The van der Waals surface area contributed by atoms with Crippen LogP contribution in [0.25, 0.3) is 11.0 Å². The van der Waals surface area contributed by atoms with Crippen LogP contribution in [0.2, 0.25) is 0 Å². The van der Waals surface area contributed by atoms with Gasteiger partial charge in [-0.15, -0.1) is 0 Å². The molecule has 27 heavy (non-hydrogen) atoms. The second-order valence-electron chi connectivity index (χ2n) is 8.58. The predicted octanol–water partition coefficient (Wildman–Crippen LogP) is 3.49. The summed E-state index contributed by atoms with van der Waals surface area (Å²) in [4.78, 5) is 26.1. The summed E-state index contributed by atoms with van der Waals surface area (Å²) in [6.45, 7) is 6.24. The lowest BCUT2D eigenvalue weighted by Crippen LogP contribution is -2.29. The van der Waals surface area contributed by atoms with Crippen LogP contribution >= 0.6 is 0 Å². The summed E-state index contributed by atoms with van der Waals surface area (Å²) in [5.41, 5.74) is 2.08. The average Bonchev–Trinajstić information content (AvgIpc) is 3.33. The normalized spacial score (nSPS) is 25.7. The number of aromatic nitrogens is 3. The molecule has 1 amide bonds. The number of aromatic amines is 1. The number of nitrogens with one attached hydrogen (secondary N) is 1. The molecule has 3 atom stereocenters. The van der Waals surface area contributed by atoms with Crippen LogP contribution in [0.4, 0.5) is 0 Å². The lowest BCUT2D eigenvalue weighted by Gasteiger charge is -2.25. The second-order valence-corrected chi connectivity index (χ2v) is 8.58. The summed E-state index contributed by atoms with van der Waals surface area (Å²) in [6, 6.07) is 4.07. The standard InChI is InChI=1S/C21H27N5O/c1-13(2)18(20-17-4-6-23-21(17)25-12-24-20)9-14-7-15-10-26(11-16(15)8-14)19(27)3-5-22/h4,6,12-16,18H,3,7-11H2,1-2H3,(H,23,24,25). The monoisotopic (exact) mass is 365 g/mol. The summed E-state index contributed by atoms with van der Waals surface area (Å²) >= 11 is 0. The molecule has 2 aromatic heterocycles. The summed E-state index contributed by atoms with van der Waals surface area (Å²) < 4.78 is 0. The Morgan fingerprint density at radius 3 is 2.74 bits per heavy atom. The van der Waals surface area contributed by atoms with E-state index in [4.69, 9.17) is 5.26 Å². The maximum atomic E-state index is 12.0. The molecule has 0 aromatic carbocycles. The molecule has 3 unspecified atom stereocenters. The third kappa shape index (κ3) is 3.43. The van der Waals surface area contributed by atoms with Gasteiger partial charge in [-0.25, -0.2) is 9.97 Å². The number of hydrogen-bond acceptors (Lipinski definition) is 4. The van der Waals surface area contributed by atoms with Gasteiger partial charge >= 0.3 is 0 Å². The Labute approximate surface area is 160 Å². The number of likely N-dealkylation sites (tertiary alicyclic amines) is 1. The molecule has 1 N–H and O–H groups in total.